The molecular formula is C41H44Cl2FN5O5. The van der Waals surface area contributed by atoms with Crippen molar-refractivity contribution in [3.8, 4) is 16.9 Å². The molecule has 13 heteroatoms. The third kappa shape index (κ3) is 6.68. The number of nitrogens with zero attached hydrogens (tertiary/aromatic N) is 3. The Morgan fingerprint density at radius 1 is 1.07 bits per heavy atom. The summed E-state index contributed by atoms with van der Waals surface area (Å²) in [7, 11) is 3.22. The fourth-order valence-corrected chi connectivity index (χ4v) is 8.60. The van der Waals surface area contributed by atoms with E-state index in [-0.39, 0.29) is 48.1 Å². The Bertz CT molecular complexity index is 2150. The molecule has 4 aromatic rings. The van der Waals surface area contributed by atoms with E-state index in [1.807, 2.05) is 54.9 Å². The Hall–Kier alpha value is -4.00. The number of hydrogen-bond donors (Lipinski definition) is 3. The molecule has 3 aromatic carbocycles. The SMILES string of the molecule is COC(=O)C1(NCc2c(C3CC3)cc(OC3CCc4c(-c5cccc(NC(=O)c6nc7c(n6C)CCN(C(C)CO)C7)c5Cl)cccc43)c(Cl)c2F)CC1. The number of hydrogen-bond acceptors (Lipinski definition) is 8. The maximum Gasteiger partial charge on any atom is 0.326 e. The molecule has 3 aliphatic carbocycles. The molecular weight excluding hydrogens is 732 g/mol. The van der Waals surface area contributed by atoms with Crippen LogP contribution in [0.3, 0.4) is 0 Å². The number of methoxy groups -OCH3 is 1. The Morgan fingerprint density at radius 3 is 2.56 bits per heavy atom. The average Bonchev–Trinajstić information content (AvgIpc) is 4.11. The van der Waals surface area contributed by atoms with Crippen LogP contribution in [0, 0.1) is 5.82 Å². The third-order valence-electron chi connectivity index (χ3n) is 11.7. The molecule has 0 spiro atoms. The van der Waals surface area contributed by atoms with Crippen LogP contribution in [0.15, 0.2) is 42.5 Å². The van der Waals surface area contributed by atoms with Gasteiger partial charge in [0.15, 0.2) is 5.82 Å². The van der Waals surface area contributed by atoms with Gasteiger partial charge in [0.1, 0.15) is 28.2 Å². The summed E-state index contributed by atoms with van der Waals surface area (Å²) in [4.78, 5) is 32.8. The molecule has 3 N–H and O–H groups in total. The van der Waals surface area contributed by atoms with Gasteiger partial charge in [-0.3, -0.25) is 19.8 Å². The fourth-order valence-electron chi connectivity index (χ4n) is 8.12. The summed E-state index contributed by atoms with van der Waals surface area (Å²) < 4.78 is 29.4. The van der Waals surface area contributed by atoms with Crippen molar-refractivity contribution < 1.29 is 28.6 Å². The number of carbonyl (C=O) groups excluding carboxylic acids is 2. The highest BCUT2D eigenvalue weighted by Gasteiger charge is 2.51. The van der Waals surface area contributed by atoms with E-state index in [1.165, 1.54) is 7.11 Å². The van der Waals surface area contributed by atoms with Crippen LogP contribution in [0.1, 0.15) is 95.3 Å². The van der Waals surface area contributed by atoms with Crippen molar-refractivity contribution in [3.05, 3.63) is 97.8 Å². The van der Waals surface area contributed by atoms with E-state index in [9.17, 15) is 14.7 Å². The van der Waals surface area contributed by atoms with Crippen LogP contribution in [0.2, 0.25) is 10.0 Å². The lowest BCUT2D eigenvalue weighted by molar-refractivity contribution is -0.144. The number of anilines is 1. The number of aliphatic hydroxyl groups is 1. The van der Waals surface area contributed by atoms with Crippen LogP contribution in [-0.4, -0.2) is 63.3 Å². The summed E-state index contributed by atoms with van der Waals surface area (Å²) in [6, 6.07) is 13.5. The van der Waals surface area contributed by atoms with Gasteiger partial charge in [0.2, 0.25) is 0 Å². The molecule has 0 saturated heterocycles. The van der Waals surface area contributed by atoms with Crippen LogP contribution in [0.4, 0.5) is 10.1 Å². The zero-order valence-electron chi connectivity index (χ0n) is 30.6. The third-order valence-corrected chi connectivity index (χ3v) is 12.4. The number of aliphatic hydroxyl groups excluding tert-OH is 1. The normalized spacial score (nSPS) is 19.2. The largest absolute Gasteiger partial charge is 0.484 e. The highest BCUT2D eigenvalue weighted by atomic mass is 35.5. The minimum atomic E-state index is -0.759. The van der Waals surface area contributed by atoms with Crippen LogP contribution < -0.4 is 15.4 Å². The summed E-state index contributed by atoms with van der Waals surface area (Å²) >= 11 is 13.7. The summed E-state index contributed by atoms with van der Waals surface area (Å²) in [6.07, 6.45) is 4.98. The van der Waals surface area contributed by atoms with Crippen LogP contribution >= 0.6 is 23.2 Å². The predicted molar refractivity (Wildman–Crippen MR) is 205 cm³/mol. The monoisotopic (exact) mass is 775 g/mol. The molecule has 2 saturated carbocycles. The molecule has 1 aromatic heterocycles. The first kappa shape index (κ1) is 36.9. The van der Waals surface area contributed by atoms with E-state index >= 15 is 4.39 Å². The second-order valence-electron chi connectivity index (χ2n) is 15.1. The number of fused-ring (bicyclic) bond motifs is 2. The van der Waals surface area contributed by atoms with Crippen molar-refractivity contribution >= 4 is 40.8 Å². The lowest BCUT2D eigenvalue weighted by atomic mass is 9.96. The van der Waals surface area contributed by atoms with Gasteiger partial charge in [0.25, 0.3) is 5.91 Å². The second-order valence-corrected chi connectivity index (χ2v) is 15.8. The molecule has 10 nitrogen and oxygen atoms in total. The number of nitrogens with one attached hydrogen (secondary N) is 2. The molecule has 2 unspecified atom stereocenters. The van der Waals surface area contributed by atoms with Crippen LogP contribution in [-0.2, 0) is 42.5 Å². The number of rotatable bonds is 12. The van der Waals surface area contributed by atoms with Gasteiger partial charge in [-0.25, -0.2) is 9.37 Å². The number of imidazole rings is 1. The first-order valence-electron chi connectivity index (χ1n) is 18.7. The molecule has 0 bridgehead atoms. The van der Waals surface area contributed by atoms with Gasteiger partial charge < -0.3 is 24.5 Å². The molecule has 284 valence electrons. The van der Waals surface area contributed by atoms with Gasteiger partial charge in [-0.1, -0.05) is 53.5 Å². The highest BCUT2D eigenvalue weighted by Crippen LogP contribution is 2.49. The molecule has 4 aliphatic rings. The smallest absolute Gasteiger partial charge is 0.326 e. The van der Waals surface area contributed by atoms with Gasteiger partial charge in [0, 0.05) is 56.0 Å². The van der Waals surface area contributed by atoms with E-state index in [1.54, 1.807) is 6.07 Å². The second kappa shape index (κ2) is 14.6. The van der Waals surface area contributed by atoms with E-state index in [2.05, 4.69) is 15.5 Å². The number of benzene rings is 3. The lowest BCUT2D eigenvalue weighted by Gasteiger charge is -2.30. The zero-order valence-corrected chi connectivity index (χ0v) is 32.1. The summed E-state index contributed by atoms with van der Waals surface area (Å²) in [5.41, 5.74) is 6.67. The summed E-state index contributed by atoms with van der Waals surface area (Å²) in [5, 5.41) is 16.2. The quantitative estimate of drug-likeness (QED) is 0.129. The van der Waals surface area contributed by atoms with Crippen molar-refractivity contribution in [2.45, 2.75) is 88.6 Å². The fraction of sp³-hybridized carbons (Fsp3) is 0.439. The van der Waals surface area contributed by atoms with Crippen LogP contribution in [0.5, 0.6) is 5.75 Å². The molecule has 8 rings (SSSR count). The first-order chi connectivity index (χ1) is 26.0. The summed E-state index contributed by atoms with van der Waals surface area (Å²) in [5.74, 6) is -0.374. The number of ether oxygens (including phenoxy) is 2. The minimum Gasteiger partial charge on any atom is -0.484 e. The van der Waals surface area contributed by atoms with Crippen molar-refractivity contribution in [3.63, 3.8) is 0 Å². The number of halogens is 3. The van der Waals surface area contributed by atoms with Gasteiger partial charge in [0.05, 0.1) is 30.1 Å². The molecule has 2 heterocycles. The molecule has 1 aliphatic heterocycles. The van der Waals surface area contributed by atoms with Gasteiger partial charge >= 0.3 is 5.97 Å². The Balaban J connectivity index is 1.02. The van der Waals surface area contributed by atoms with E-state index < -0.39 is 11.4 Å². The number of esters is 1. The Kier molecular flexibility index (Phi) is 9.98. The predicted octanol–water partition coefficient (Wildman–Crippen LogP) is 7.26. The van der Waals surface area contributed by atoms with Crippen molar-refractivity contribution in [2.75, 3.05) is 25.6 Å². The molecule has 0 radical (unpaired) electrons. The minimum absolute atomic E-state index is 0.0109. The number of carbonyl (C=O) groups is 2. The zero-order chi connectivity index (χ0) is 37.9. The molecule has 1 amide bonds. The first-order valence-corrected chi connectivity index (χ1v) is 19.4. The van der Waals surface area contributed by atoms with E-state index in [4.69, 9.17) is 37.7 Å². The maximum atomic E-state index is 16.0. The van der Waals surface area contributed by atoms with Gasteiger partial charge in [-0.2, -0.15) is 0 Å². The van der Waals surface area contributed by atoms with Crippen LogP contribution in [0.25, 0.3) is 11.1 Å². The summed E-state index contributed by atoms with van der Waals surface area (Å²) in [6.45, 7) is 3.57. The average molecular weight is 777 g/mol. The van der Waals surface area contributed by atoms with E-state index in [0.29, 0.717) is 60.1 Å². The number of amides is 1. The Labute approximate surface area is 323 Å². The van der Waals surface area contributed by atoms with Crippen molar-refractivity contribution in [1.29, 1.82) is 0 Å². The lowest BCUT2D eigenvalue weighted by Crippen LogP contribution is -2.40. The van der Waals surface area contributed by atoms with E-state index in [0.717, 1.165) is 65.0 Å². The highest BCUT2D eigenvalue weighted by molar-refractivity contribution is 6.36. The van der Waals surface area contributed by atoms with Crippen molar-refractivity contribution in [1.82, 2.24) is 19.8 Å². The standard InChI is InChI=1S/C41H44Cl2FN5O5/c1-22(21-50)49-17-14-32-31(20-49)46-38(48(32)2)39(51)47-30-9-5-8-27(35(30)42)24-6-4-7-26-25(24)12-13-33(26)54-34-18-28(23-10-11-23)29(37(44)36(34)43)19-45-41(15-16-41)40(52)53-3/h4-9,18,22-23,33,45,50H,10-17,19-21H2,1-3H3,(H,47,51). The Morgan fingerprint density at radius 2 is 1.83 bits per heavy atom. The maximum absolute atomic E-state index is 16.0. The molecule has 2 atom stereocenters. The van der Waals surface area contributed by atoms with Gasteiger partial charge in [-0.15, -0.1) is 0 Å². The van der Waals surface area contributed by atoms with Gasteiger partial charge in [-0.05, 0) is 85.8 Å². The molecule has 2 fully saturated rings. The van der Waals surface area contributed by atoms with Crippen molar-refractivity contribution in [2.24, 2.45) is 7.05 Å². The topological polar surface area (TPSA) is 118 Å². The molecule has 54 heavy (non-hydrogen) atoms. The number of aromatic nitrogens is 2.